The Labute approximate surface area is 112 Å². The summed E-state index contributed by atoms with van der Waals surface area (Å²) in [5.74, 6) is -1.15. The molecule has 7 nitrogen and oxygen atoms in total. The molecule has 0 spiro atoms. The zero-order chi connectivity index (χ0) is 14.3. The van der Waals surface area contributed by atoms with Gasteiger partial charge in [0.05, 0.1) is 0 Å². The number of carboxylic acid groups (broad SMARTS) is 1. The van der Waals surface area contributed by atoms with Crippen LogP contribution in [0.15, 0.2) is 0 Å². The van der Waals surface area contributed by atoms with Crippen molar-refractivity contribution in [1.82, 2.24) is 10.2 Å². The van der Waals surface area contributed by atoms with Crippen molar-refractivity contribution in [3.05, 3.63) is 0 Å². The second-order valence-corrected chi connectivity index (χ2v) is 4.71. The number of carbonyl (C=O) groups excluding carboxylic acids is 1. The van der Waals surface area contributed by atoms with Gasteiger partial charge in [-0.3, -0.25) is 0 Å². The highest BCUT2D eigenvalue weighted by molar-refractivity contribution is 5.82. The van der Waals surface area contributed by atoms with Crippen molar-refractivity contribution in [3.8, 4) is 0 Å². The molecule has 0 radical (unpaired) electrons. The predicted octanol–water partition coefficient (Wildman–Crippen LogP) is -0.231. The van der Waals surface area contributed by atoms with Gasteiger partial charge in [-0.15, -0.1) is 0 Å². The van der Waals surface area contributed by atoms with Gasteiger partial charge in [-0.25, -0.2) is 9.59 Å². The number of nitrogens with zero attached hydrogens (tertiary/aromatic N) is 1. The molecular weight excluding hydrogens is 252 g/mol. The standard InChI is InChI=1S/C12H22N2O5/c15-7-2-6-14(9-3-1-4-9)12(19)13-10(5-8-16)11(17)18/h9-10,15-16H,1-8H2,(H,13,19)(H,17,18)/t10-/m0/s1. The molecule has 0 aromatic rings. The van der Waals surface area contributed by atoms with Gasteiger partial charge in [-0.2, -0.15) is 0 Å². The first-order valence-corrected chi connectivity index (χ1v) is 6.61. The molecule has 1 rings (SSSR count). The number of rotatable bonds is 8. The summed E-state index contributed by atoms with van der Waals surface area (Å²) in [7, 11) is 0. The topological polar surface area (TPSA) is 110 Å². The van der Waals surface area contributed by atoms with E-state index in [1.165, 1.54) is 0 Å². The van der Waals surface area contributed by atoms with Gasteiger partial charge in [0, 0.05) is 32.2 Å². The second kappa shape index (κ2) is 7.96. The van der Waals surface area contributed by atoms with Gasteiger partial charge in [0.2, 0.25) is 0 Å². The lowest BCUT2D eigenvalue weighted by Crippen LogP contribution is -2.53. The van der Waals surface area contributed by atoms with E-state index in [0.29, 0.717) is 13.0 Å². The van der Waals surface area contributed by atoms with E-state index in [4.69, 9.17) is 15.3 Å². The van der Waals surface area contributed by atoms with Crippen LogP contribution in [0.2, 0.25) is 0 Å². The Hall–Kier alpha value is -1.34. The molecule has 0 saturated heterocycles. The number of hydrogen-bond acceptors (Lipinski definition) is 4. The van der Waals surface area contributed by atoms with E-state index in [-0.39, 0.29) is 25.7 Å². The van der Waals surface area contributed by atoms with Crippen LogP contribution in [-0.2, 0) is 4.79 Å². The van der Waals surface area contributed by atoms with Gasteiger partial charge in [-0.1, -0.05) is 0 Å². The number of carboxylic acids is 1. The Balaban J connectivity index is 2.56. The Morgan fingerprint density at radius 3 is 2.37 bits per heavy atom. The van der Waals surface area contributed by atoms with E-state index in [1.54, 1.807) is 4.90 Å². The molecule has 0 heterocycles. The molecule has 1 atom stereocenters. The van der Waals surface area contributed by atoms with Crippen LogP contribution in [0.25, 0.3) is 0 Å². The van der Waals surface area contributed by atoms with E-state index < -0.39 is 18.0 Å². The van der Waals surface area contributed by atoms with Gasteiger partial charge in [-0.05, 0) is 25.7 Å². The number of urea groups is 1. The minimum Gasteiger partial charge on any atom is -0.480 e. The molecule has 0 unspecified atom stereocenters. The number of amides is 2. The summed E-state index contributed by atoms with van der Waals surface area (Å²) < 4.78 is 0. The van der Waals surface area contributed by atoms with Crippen molar-refractivity contribution in [2.75, 3.05) is 19.8 Å². The third-order valence-electron chi connectivity index (χ3n) is 3.35. The maximum Gasteiger partial charge on any atom is 0.326 e. The summed E-state index contributed by atoms with van der Waals surface area (Å²) in [5.41, 5.74) is 0. The largest absolute Gasteiger partial charge is 0.480 e. The van der Waals surface area contributed by atoms with Crippen molar-refractivity contribution < 1.29 is 24.9 Å². The van der Waals surface area contributed by atoms with Gasteiger partial charge < -0.3 is 25.5 Å². The lowest BCUT2D eigenvalue weighted by molar-refractivity contribution is -0.139. The average Bonchev–Trinajstić information content (AvgIpc) is 2.31. The highest BCUT2D eigenvalue weighted by Gasteiger charge is 2.30. The Bertz CT molecular complexity index is 306. The molecule has 0 aliphatic heterocycles. The number of carbonyl (C=O) groups is 2. The van der Waals surface area contributed by atoms with Crippen molar-refractivity contribution in [2.24, 2.45) is 0 Å². The zero-order valence-corrected chi connectivity index (χ0v) is 10.9. The number of nitrogens with one attached hydrogen (secondary N) is 1. The van der Waals surface area contributed by atoms with E-state index in [9.17, 15) is 9.59 Å². The number of aliphatic hydroxyl groups excluding tert-OH is 2. The molecule has 0 aromatic carbocycles. The number of aliphatic hydroxyl groups is 2. The predicted molar refractivity (Wildman–Crippen MR) is 67.7 cm³/mol. The van der Waals surface area contributed by atoms with Crippen LogP contribution < -0.4 is 5.32 Å². The molecule has 0 aromatic heterocycles. The molecule has 0 bridgehead atoms. The molecule has 110 valence electrons. The lowest BCUT2D eigenvalue weighted by Gasteiger charge is -2.38. The second-order valence-electron chi connectivity index (χ2n) is 4.71. The van der Waals surface area contributed by atoms with Crippen LogP contribution in [0.5, 0.6) is 0 Å². The summed E-state index contributed by atoms with van der Waals surface area (Å²) in [5, 5.41) is 29.0. The van der Waals surface area contributed by atoms with Crippen LogP contribution in [-0.4, -0.2) is 64.1 Å². The normalized spacial score (nSPS) is 16.5. The van der Waals surface area contributed by atoms with E-state index >= 15 is 0 Å². The Kier molecular flexibility index (Phi) is 6.58. The Morgan fingerprint density at radius 2 is 1.95 bits per heavy atom. The number of aliphatic carboxylic acids is 1. The summed E-state index contributed by atoms with van der Waals surface area (Å²) in [6, 6.07) is -1.37. The number of hydrogen-bond donors (Lipinski definition) is 4. The third kappa shape index (κ3) is 4.68. The smallest absolute Gasteiger partial charge is 0.326 e. The molecule has 4 N–H and O–H groups in total. The van der Waals surface area contributed by atoms with Crippen LogP contribution in [0.4, 0.5) is 4.79 Å². The SMILES string of the molecule is O=C(O)[C@H](CCO)NC(=O)N(CCCO)C1CCC1. The van der Waals surface area contributed by atoms with Gasteiger partial charge in [0.25, 0.3) is 0 Å². The van der Waals surface area contributed by atoms with Gasteiger partial charge in [0.15, 0.2) is 0 Å². The minimum absolute atomic E-state index is 0.00447. The van der Waals surface area contributed by atoms with E-state index in [0.717, 1.165) is 19.3 Å². The van der Waals surface area contributed by atoms with Gasteiger partial charge in [0.1, 0.15) is 6.04 Å². The maximum absolute atomic E-state index is 12.1. The van der Waals surface area contributed by atoms with Crippen LogP contribution in [0.3, 0.4) is 0 Å². The van der Waals surface area contributed by atoms with E-state index in [2.05, 4.69) is 5.32 Å². The van der Waals surface area contributed by atoms with Crippen molar-refractivity contribution in [3.63, 3.8) is 0 Å². The lowest BCUT2D eigenvalue weighted by atomic mass is 9.91. The maximum atomic E-state index is 12.1. The molecule has 1 saturated carbocycles. The molecule has 1 aliphatic rings. The monoisotopic (exact) mass is 274 g/mol. The van der Waals surface area contributed by atoms with Crippen molar-refractivity contribution in [1.29, 1.82) is 0 Å². The third-order valence-corrected chi connectivity index (χ3v) is 3.35. The summed E-state index contributed by atoms with van der Waals surface area (Å²) in [4.78, 5) is 24.6. The minimum atomic E-state index is -1.15. The molecular formula is C12H22N2O5. The average molecular weight is 274 g/mol. The van der Waals surface area contributed by atoms with Crippen LogP contribution in [0, 0.1) is 0 Å². The molecule has 1 fully saturated rings. The molecule has 19 heavy (non-hydrogen) atoms. The fourth-order valence-corrected chi connectivity index (χ4v) is 2.01. The highest BCUT2D eigenvalue weighted by Crippen LogP contribution is 2.25. The highest BCUT2D eigenvalue weighted by atomic mass is 16.4. The Morgan fingerprint density at radius 1 is 1.26 bits per heavy atom. The fraction of sp³-hybridized carbons (Fsp3) is 0.833. The first-order valence-electron chi connectivity index (χ1n) is 6.61. The van der Waals surface area contributed by atoms with Crippen molar-refractivity contribution >= 4 is 12.0 Å². The van der Waals surface area contributed by atoms with Gasteiger partial charge >= 0.3 is 12.0 Å². The van der Waals surface area contributed by atoms with Crippen molar-refractivity contribution in [2.45, 2.75) is 44.2 Å². The van der Waals surface area contributed by atoms with Crippen LogP contribution in [0.1, 0.15) is 32.1 Å². The van der Waals surface area contributed by atoms with E-state index in [1.807, 2.05) is 0 Å². The first-order chi connectivity index (χ1) is 9.10. The molecule has 7 heteroatoms. The quantitative estimate of drug-likeness (QED) is 0.488. The van der Waals surface area contributed by atoms with Crippen LogP contribution >= 0.6 is 0 Å². The first kappa shape index (κ1) is 15.7. The molecule has 2 amide bonds. The zero-order valence-electron chi connectivity index (χ0n) is 10.9. The summed E-state index contributed by atoms with van der Waals surface area (Å²) >= 11 is 0. The summed E-state index contributed by atoms with van der Waals surface area (Å²) in [6.45, 7) is 0.116. The summed E-state index contributed by atoms with van der Waals surface area (Å²) in [6.07, 6.45) is 3.35. The molecule has 1 aliphatic carbocycles. The fourth-order valence-electron chi connectivity index (χ4n) is 2.01.